The molecule has 3 aromatic rings. The zero-order valence-corrected chi connectivity index (χ0v) is 26.9. The number of carbonyl (C=O) groups is 2. The second-order valence-electron chi connectivity index (χ2n) is 12.4. The molecule has 0 bridgehead atoms. The number of pyridine rings is 1. The number of aliphatic imine (C=N–C) groups is 1. The van der Waals surface area contributed by atoms with Crippen LogP contribution in [0.4, 0.5) is 8.78 Å². The van der Waals surface area contributed by atoms with Crippen LogP contribution in [0.5, 0.6) is 0 Å². The summed E-state index contributed by atoms with van der Waals surface area (Å²) >= 11 is 0. The van der Waals surface area contributed by atoms with Crippen molar-refractivity contribution in [1.82, 2.24) is 9.47 Å². The minimum Gasteiger partial charge on any atom is -0.481 e. The molecular formula is C35H43F2N3O4. The van der Waals surface area contributed by atoms with Crippen molar-refractivity contribution in [2.45, 2.75) is 72.8 Å². The summed E-state index contributed by atoms with van der Waals surface area (Å²) in [5.41, 5.74) is 4.81. The van der Waals surface area contributed by atoms with Crippen molar-refractivity contribution in [2.75, 3.05) is 20.6 Å². The fourth-order valence-electron chi connectivity index (χ4n) is 5.65. The number of hydrogen-bond acceptors (Lipinski definition) is 4. The number of hydrogen-bond donors (Lipinski definition) is 1. The van der Waals surface area contributed by atoms with Crippen molar-refractivity contribution >= 4 is 18.1 Å². The Kier molecular flexibility index (Phi) is 11.5. The predicted molar refractivity (Wildman–Crippen MR) is 171 cm³/mol. The molecule has 44 heavy (non-hydrogen) atoms. The van der Waals surface area contributed by atoms with Gasteiger partial charge in [0.25, 0.3) is 11.5 Å². The third-order valence-electron chi connectivity index (χ3n) is 7.64. The molecule has 0 fully saturated rings. The quantitative estimate of drug-likeness (QED) is 0.235. The highest BCUT2D eigenvalue weighted by Gasteiger charge is 2.26. The van der Waals surface area contributed by atoms with Gasteiger partial charge in [-0.2, -0.15) is 0 Å². The highest BCUT2D eigenvalue weighted by Crippen LogP contribution is 2.34. The summed E-state index contributed by atoms with van der Waals surface area (Å²) in [6.45, 7) is 11.9. The van der Waals surface area contributed by atoms with E-state index in [4.69, 9.17) is 0 Å². The average molecular weight is 608 g/mol. The summed E-state index contributed by atoms with van der Waals surface area (Å²) in [6.07, 6.45) is 2.79. The maximum atomic E-state index is 15.6. The summed E-state index contributed by atoms with van der Waals surface area (Å²) in [7, 11) is 3.76. The lowest BCUT2D eigenvalue weighted by Crippen LogP contribution is -2.32. The van der Waals surface area contributed by atoms with E-state index < -0.39 is 47.5 Å². The van der Waals surface area contributed by atoms with Gasteiger partial charge < -0.3 is 14.6 Å². The number of aromatic nitrogens is 1. The smallest absolute Gasteiger partial charge is 0.304 e. The highest BCUT2D eigenvalue weighted by molar-refractivity contribution is 5.91. The molecule has 3 rings (SSSR count). The van der Waals surface area contributed by atoms with Crippen molar-refractivity contribution in [3.05, 3.63) is 91.9 Å². The summed E-state index contributed by atoms with van der Waals surface area (Å²) < 4.78 is 31.4. The van der Waals surface area contributed by atoms with E-state index in [2.05, 4.69) is 4.99 Å². The largest absolute Gasteiger partial charge is 0.481 e. The lowest BCUT2D eigenvalue weighted by molar-refractivity contribution is -0.137. The van der Waals surface area contributed by atoms with Gasteiger partial charge in [0.1, 0.15) is 11.9 Å². The maximum Gasteiger partial charge on any atom is 0.304 e. The van der Waals surface area contributed by atoms with Crippen LogP contribution in [0.15, 0.2) is 46.3 Å². The third-order valence-corrected chi connectivity index (χ3v) is 7.64. The fourth-order valence-corrected chi connectivity index (χ4v) is 5.65. The summed E-state index contributed by atoms with van der Waals surface area (Å²) in [6, 6.07) is 7.48. The van der Waals surface area contributed by atoms with Crippen molar-refractivity contribution in [2.24, 2.45) is 10.9 Å². The monoisotopic (exact) mass is 607 g/mol. The van der Waals surface area contributed by atoms with Gasteiger partial charge in [0.2, 0.25) is 0 Å². The molecular weight excluding hydrogens is 564 g/mol. The molecule has 1 heterocycles. The molecule has 0 spiro atoms. The number of aryl methyl sites for hydroxylation is 4. The van der Waals surface area contributed by atoms with Crippen molar-refractivity contribution in [3.63, 3.8) is 0 Å². The first-order valence-electron chi connectivity index (χ1n) is 14.8. The Bertz CT molecular complexity index is 1600. The summed E-state index contributed by atoms with van der Waals surface area (Å²) in [4.78, 5) is 44.4. The van der Waals surface area contributed by atoms with E-state index in [0.29, 0.717) is 24.1 Å². The second-order valence-corrected chi connectivity index (χ2v) is 12.4. The molecule has 0 saturated carbocycles. The number of rotatable bonds is 12. The normalized spacial score (nSPS) is 13.2. The SMILES string of the molecule is Cc1cc(C)c(-c2cc(C)c(F)c(C(C=NC(=O)C(CC(C)C)n3cc(CCN(C)C)cc(F)c3=O)CC(=O)O)c2)c(C)c1. The molecule has 1 amide bonds. The van der Waals surface area contributed by atoms with Crippen molar-refractivity contribution in [3.8, 4) is 11.1 Å². The van der Waals surface area contributed by atoms with Crippen molar-refractivity contribution < 1.29 is 23.5 Å². The lowest BCUT2D eigenvalue weighted by Gasteiger charge is -2.21. The van der Waals surface area contributed by atoms with Crippen LogP contribution in [-0.2, 0) is 16.0 Å². The number of nitrogens with zero attached hydrogens (tertiary/aromatic N) is 3. The number of amides is 1. The number of aliphatic carboxylic acids is 1. The molecule has 0 aliphatic heterocycles. The molecule has 1 aromatic heterocycles. The van der Waals surface area contributed by atoms with Gasteiger partial charge in [-0.05, 0) is 118 Å². The number of carboxylic acid groups (broad SMARTS) is 1. The Morgan fingerprint density at radius 1 is 1.00 bits per heavy atom. The Hall–Kier alpha value is -3.98. The number of halogens is 2. The van der Waals surface area contributed by atoms with E-state index in [-0.39, 0.29) is 17.9 Å². The van der Waals surface area contributed by atoms with E-state index in [1.165, 1.54) is 12.3 Å². The van der Waals surface area contributed by atoms with Crippen LogP contribution >= 0.6 is 0 Å². The number of carbonyl (C=O) groups excluding carboxylic acids is 1. The van der Waals surface area contributed by atoms with Crippen LogP contribution in [0, 0.1) is 45.2 Å². The van der Waals surface area contributed by atoms with E-state index in [0.717, 1.165) is 38.6 Å². The van der Waals surface area contributed by atoms with Gasteiger partial charge in [0.05, 0.1) is 6.42 Å². The molecule has 0 aliphatic rings. The number of carboxylic acids is 1. The zero-order valence-electron chi connectivity index (χ0n) is 26.9. The topological polar surface area (TPSA) is 92.0 Å². The van der Waals surface area contributed by atoms with E-state index in [9.17, 15) is 23.9 Å². The van der Waals surface area contributed by atoms with Gasteiger partial charge in [0, 0.05) is 24.9 Å². The zero-order chi connectivity index (χ0) is 32.9. The van der Waals surface area contributed by atoms with E-state index in [1.807, 2.05) is 65.7 Å². The minimum atomic E-state index is -1.19. The fraction of sp³-hybridized carbons (Fsp3) is 0.429. The highest BCUT2D eigenvalue weighted by atomic mass is 19.1. The van der Waals surface area contributed by atoms with Gasteiger partial charge in [-0.25, -0.2) is 13.8 Å². The van der Waals surface area contributed by atoms with Crippen LogP contribution in [0.25, 0.3) is 11.1 Å². The molecule has 9 heteroatoms. The number of benzene rings is 2. The Morgan fingerprint density at radius 2 is 1.64 bits per heavy atom. The van der Waals surface area contributed by atoms with Crippen LogP contribution in [-0.4, -0.2) is 53.3 Å². The first kappa shape index (κ1) is 34.5. The molecule has 2 aromatic carbocycles. The van der Waals surface area contributed by atoms with Crippen LogP contribution in [0.1, 0.15) is 72.0 Å². The minimum absolute atomic E-state index is 0.0490. The molecule has 0 saturated heterocycles. The van der Waals surface area contributed by atoms with Gasteiger partial charge in [-0.15, -0.1) is 0 Å². The van der Waals surface area contributed by atoms with Gasteiger partial charge in [-0.1, -0.05) is 31.5 Å². The lowest BCUT2D eigenvalue weighted by atomic mass is 9.87. The standard InChI is InChI=1S/C35H43F2N3O4/c1-20(2)11-30(40-19-25(9-10-39(7)8)15-29(36)35(40)44)34(43)38-18-27(17-31(41)42)28-16-26(14-24(6)33(28)37)32-22(4)12-21(3)13-23(32)5/h12-16,18-20,27,30H,9-11,17H2,1-8H3,(H,41,42). The Morgan fingerprint density at radius 3 is 2.20 bits per heavy atom. The number of likely N-dealkylation sites (N-methyl/N-ethyl adjacent to an activating group) is 1. The van der Waals surface area contributed by atoms with Crippen molar-refractivity contribution in [1.29, 1.82) is 0 Å². The van der Waals surface area contributed by atoms with Gasteiger partial charge >= 0.3 is 5.97 Å². The average Bonchev–Trinajstić information content (AvgIpc) is 2.91. The first-order chi connectivity index (χ1) is 20.6. The molecule has 2 atom stereocenters. The van der Waals surface area contributed by atoms with Crippen LogP contribution < -0.4 is 5.56 Å². The molecule has 2 unspecified atom stereocenters. The van der Waals surface area contributed by atoms with Gasteiger partial charge in [0.15, 0.2) is 5.82 Å². The molecule has 0 radical (unpaired) electrons. The maximum absolute atomic E-state index is 15.6. The summed E-state index contributed by atoms with van der Waals surface area (Å²) in [5.74, 6) is -4.59. The van der Waals surface area contributed by atoms with Crippen LogP contribution in [0.3, 0.4) is 0 Å². The first-order valence-corrected chi connectivity index (χ1v) is 14.8. The molecule has 7 nitrogen and oxygen atoms in total. The molecule has 1 N–H and O–H groups in total. The predicted octanol–water partition coefficient (Wildman–Crippen LogP) is 6.57. The molecule has 0 aliphatic carbocycles. The van der Waals surface area contributed by atoms with E-state index >= 15 is 4.39 Å². The van der Waals surface area contributed by atoms with Crippen LogP contribution in [0.2, 0.25) is 0 Å². The third kappa shape index (κ3) is 8.56. The Labute approximate surface area is 258 Å². The van der Waals surface area contributed by atoms with E-state index in [1.54, 1.807) is 19.1 Å². The molecule has 236 valence electrons. The Balaban J connectivity index is 2.09. The van der Waals surface area contributed by atoms with Gasteiger partial charge in [-0.3, -0.25) is 14.4 Å². The second kappa shape index (κ2) is 14.7. The summed E-state index contributed by atoms with van der Waals surface area (Å²) in [5, 5.41) is 9.71.